The van der Waals surface area contributed by atoms with E-state index in [-0.39, 0.29) is 29.1 Å². The number of amides is 5. The number of likely N-dealkylation sites (tertiary alicyclic amines) is 1. The zero-order chi connectivity index (χ0) is 28.1. The molecule has 0 aromatic heterocycles. The van der Waals surface area contributed by atoms with Crippen LogP contribution in [0.4, 0.5) is 4.79 Å². The Bertz CT molecular complexity index is 959. The molecule has 10 nitrogen and oxygen atoms in total. The molecule has 2 aliphatic carbocycles. The van der Waals surface area contributed by atoms with Crippen molar-refractivity contribution in [3.63, 3.8) is 0 Å². The predicted molar refractivity (Wildman–Crippen MR) is 139 cm³/mol. The van der Waals surface area contributed by atoms with Crippen LogP contribution in [0.15, 0.2) is 0 Å². The van der Waals surface area contributed by atoms with E-state index in [1.165, 1.54) is 0 Å². The number of hydrogen-bond acceptors (Lipinski definition) is 5. The summed E-state index contributed by atoms with van der Waals surface area (Å²) in [5.41, 5.74) is 4.04. The lowest BCUT2D eigenvalue weighted by Gasteiger charge is -2.38. The van der Waals surface area contributed by atoms with Gasteiger partial charge in [-0.15, -0.1) is 0 Å². The normalized spacial score (nSPS) is 26.3. The molecule has 0 aromatic carbocycles. The van der Waals surface area contributed by atoms with Gasteiger partial charge in [0.2, 0.25) is 17.6 Å². The molecule has 0 unspecified atom stereocenters. The average Bonchev–Trinajstić information content (AvgIpc) is 3.06. The van der Waals surface area contributed by atoms with E-state index in [9.17, 15) is 24.0 Å². The van der Waals surface area contributed by atoms with Crippen molar-refractivity contribution >= 4 is 29.5 Å². The number of nitrogens with zero attached hydrogens (tertiary/aromatic N) is 1. The molecule has 208 valence electrons. The van der Waals surface area contributed by atoms with E-state index in [2.05, 4.69) is 29.8 Å². The van der Waals surface area contributed by atoms with E-state index in [0.717, 1.165) is 19.3 Å². The molecule has 1 heterocycles. The second-order valence-corrected chi connectivity index (χ2v) is 13.9. The highest BCUT2D eigenvalue weighted by Crippen LogP contribution is 2.65. The van der Waals surface area contributed by atoms with Crippen molar-refractivity contribution in [2.75, 3.05) is 6.54 Å². The van der Waals surface area contributed by atoms with Crippen molar-refractivity contribution in [1.29, 1.82) is 0 Å². The van der Waals surface area contributed by atoms with E-state index in [4.69, 9.17) is 5.73 Å². The number of carbonyl (C=O) groups excluding carboxylic acids is 5. The Morgan fingerprint density at radius 2 is 1.59 bits per heavy atom. The molecule has 3 rings (SSSR count). The molecule has 2 saturated carbocycles. The lowest BCUT2D eigenvalue weighted by Crippen LogP contribution is -2.62. The first-order valence-corrected chi connectivity index (χ1v) is 13.4. The molecule has 37 heavy (non-hydrogen) atoms. The zero-order valence-corrected chi connectivity index (χ0v) is 23.6. The van der Waals surface area contributed by atoms with Crippen LogP contribution in [0, 0.1) is 28.6 Å². The standard InChI is InChI=1S/C27H45N5O5/c1-25(2,3)20(30-24(37)31-26(4,5)6)23(36)32-13-15-17(27(15,7)8)18(32)22(35)29-16(19(33)21(28)34)12-14-10-9-11-14/h14-18,20H,9-13H2,1-8H3,(H2,28,34)(H,29,35)(H2,30,31,37)/t15-,16-,17-,18+,20+/m1/s1. The van der Waals surface area contributed by atoms with E-state index in [1.54, 1.807) is 4.90 Å². The number of piperidine rings is 1. The Hall–Kier alpha value is -2.65. The van der Waals surface area contributed by atoms with Gasteiger partial charge >= 0.3 is 6.03 Å². The minimum Gasteiger partial charge on any atom is -0.363 e. The van der Waals surface area contributed by atoms with Gasteiger partial charge in [-0.05, 0) is 55.8 Å². The summed E-state index contributed by atoms with van der Waals surface area (Å²) in [5.74, 6) is -2.35. The minimum absolute atomic E-state index is 0.0755. The van der Waals surface area contributed by atoms with Crippen LogP contribution >= 0.6 is 0 Å². The summed E-state index contributed by atoms with van der Waals surface area (Å²) in [4.78, 5) is 66.1. The monoisotopic (exact) mass is 519 g/mol. The topological polar surface area (TPSA) is 151 Å². The Labute approximate surface area is 220 Å². The quantitative estimate of drug-likeness (QED) is 0.360. The van der Waals surface area contributed by atoms with Gasteiger partial charge in [0.15, 0.2) is 0 Å². The third kappa shape index (κ3) is 6.26. The lowest BCUT2D eigenvalue weighted by atomic mass is 9.80. The molecule has 3 aliphatic rings. The second-order valence-electron chi connectivity index (χ2n) is 13.9. The molecule has 5 atom stereocenters. The number of nitrogens with one attached hydrogen (secondary N) is 3. The fraction of sp³-hybridized carbons (Fsp3) is 0.815. The van der Waals surface area contributed by atoms with Gasteiger partial charge in [-0.3, -0.25) is 19.2 Å². The first-order valence-electron chi connectivity index (χ1n) is 13.4. The van der Waals surface area contributed by atoms with Crippen LogP contribution in [0.3, 0.4) is 0 Å². The van der Waals surface area contributed by atoms with Gasteiger partial charge in [0, 0.05) is 12.1 Å². The Kier molecular flexibility index (Phi) is 7.74. The smallest absolute Gasteiger partial charge is 0.315 e. The highest BCUT2D eigenvalue weighted by Gasteiger charge is 2.70. The molecule has 3 fully saturated rings. The van der Waals surface area contributed by atoms with Crippen LogP contribution in [-0.2, 0) is 19.2 Å². The molecule has 0 radical (unpaired) electrons. The van der Waals surface area contributed by atoms with Gasteiger partial charge < -0.3 is 26.6 Å². The molecule has 1 aliphatic heterocycles. The van der Waals surface area contributed by atoms with Crippen LogP contribution in [0.1, 0.15) is 81.1 Å². The lowest BCUT2D eigenvalue weighted by molar-refractivity contribution is -0.145. The summed E-state index contributed by atoms with van der Waals surface area (Å²) in [7, 11) is 0. The van der Waals surface area contributed by atoms with Crippen molar-refractivity contribution in [3.05, 3.63) is 0 Å². The van der Waals surface area contributed by atoms with Gasteiger partial charge in [-0.2, -0.15) is 0 Å². The molecule has 0 aromatic rings. The fourth-order valence-corrected chi connectivity index (χ4v) is 5.86. The summed E-state index contributed by atoms with van der Waals surface area (Å²) < 4.78 is 0. The molecule has 0 spiro atoms. The number of ketones is 1. The Morgan fingerprint density at radius 1 is 1.00 bits per heavy atom. The number of nitrogens with two attached hydrogens (primary N) is 1. The average molecular weight is 520 g/mol. The SMILES string of the molecule is CC(C)(C)NC(=O)N[C@@H](C(=O)N1C[C@@H]2[C@H]([C@H]1C(=O)N[C@H](CC1CCC1)C(=O)C(N)=O)C2(C)C)C(C)(C)C. The first kappa shape index (κ1) is 28.9. The Morgan fingerprint density at radius 3 is 2.05 bits per heavy atom. The molecular formula is C27H45N5O5. The van der Waals surface area contributed by atoms with Crippen LogP contribution < -0.4 is 21.7 Å². The fourth-order valence-electron chi connectivity index (χ4n) is 5.86. The maximum atomic E-state index is 13.9. The molecule has 1 saturated heterocycles. The van der Waals surface area contributed by atoms with E-state index in [0.29, 0.717) is 13.0 Å². The van der Waals surface area contributed by atoms with Gasteiger partial charge in [0.1, 0.15) is 12.1 Å². The molecule has 5 amide bonds. The molecule has 10 heteroatoms. The highest BCUT2D eigenvalue weighted by molar-refractivity contribution is 6.37. The van der Waals surface area contributed by atoms with Crippen LogP contribution in [0.5, 0.6) is 0 Å². The maximum Gasteiger partial charge on any atom is 0.315 e. The van der Waals surface area contributed by atoms with Gasteiger partial charge in [-0.25, -0.2) is 4.79 Å². The summed E-state index contributed by atoms with van der Waals surface area (Å²) in [6.45, 7) is 15.7. The number of carbonyl (C=O) groups is 5. The largest absolute Gasteiger partial charge is 0.363 e. The summed E-state index contributed by atoms with van der Waals surface area (Å²) in [6, 6.07) is -3.13. The third-order valence-electron chi connectivity index (χ3n) is 8.31. The van der Waals surface area contributed by atoms with E-state index >= 15 is 0 Å². The molecule has 0 bridgehead atoms. The van der Waals surface area contributed by atoms with Gasteiger partial charge in [0.05, 0.1) is 6.04 Å². The van der Waals surface area contributed by atoms with Crippen LogP contribution in [-0.4, -0.2) is 64.6 Å². The summed E-state index contributed by atoms with van der Waals surface area (Å²) in [5, 5.41) is 8.44. The molecule has 5 N–H and O–H groups in total. The van der Waals surface area contributed by atoms with Gasteiger partial charge in [0.25, 0.3) is 5.91 Å². The third-order valence-corrected chi connectivity index (χ3v) is 8.31. The number of urea groups is 1. The van der Waals surface area contributed by atoms with E-state index < -0.39 is 52.7 Å². The number of primary amides is 1. The van der Waals surface area contributed by atoms with Crippen molar-refractivity contribution in [1.82, 2.24) is 20.9 Å². The second kappa shape index (κ2) is 9.91. The maximum absolute atomic E-state index is 13.9. The molecular weight excluding hydrogens is 474 g/mol. The number of rotatable bonds is 8. The summed E-state index contributed by atoms with van der Waals surface area (Å²) in [6.07, 6.45) is 3.31. The van der Waals surface area contributed by atoms with Crippen LogP contribution in [0.2, 0.25) is 0 Å². The van der Waals surface area contributed by atoms with Crippen molar-refractivity contribution in [2.45, 2.75) is 105 Å². The van der Waals surface area contributed by atoms with Crippen molar-refractivity contribution < 1.29 is 24.0 Å². The zero-order valence-electron chi connectivity index (χ0n) is 23.6. The van der Waals surface area contributed by atoms with E-state index in [1.807, 2.05) is 41.5 Å². The highest BCUT2D eigenvalue weighted by atomic mass is 16.2. The Balaban J connectivity index is 1.83. The predicted octanol–water partition coefficient (Wildman–Crippen LogP) is 1.71. The number of fused-ring (bicyclic) bond motifs is 1. The number of hydrogen-bond donors (Lipinski definition) is 4. The first-order chi connectivity index (χ1) is 16.8. The van der Waals surface area contributed by atoms with Crippen LogP contribution in [0.25, 0.3) is 0 Å². The minimum atomic E-state index is -1.07. The number of Topliss-reactive ketones (excluding diaryl/α,β-unsaturated/α-hetero) is 1. The van der Waals surface area contributed by atoms with Crippen molar-refractivity contribution in [3.8, 4) is 0 Å². The summed E-state index contributed by atoms with van der Waals surface area (Å²) >= 11 is 0. The van der Waals surface area contributed by atoms with Crippen molar-refractivity contribution in [2.24, 2.45) is 34.3 Å². The van der Waals surface area contributed by atoms with Gasteiger partial charge in [-0.1, -0.05) is 53.9 Å².